The molecule has 1 aliphatic heterocycles. The van der Waals surface area contributed by atoms with Crippen LogP contribution in [-0.2, 0) is 4.74 Å². The van der Waals surface area contributed by atoms with Gasteiger partial charge in [-0.3, -0.25) is 9.89 Å². The summed E-state index contributed by atoms with van der Waals surface area (Å²) in [5.74, 6) is 1.54. The van der Waals surface area contributed by atoms with Gasteiger partial charge in [-0.1, -0.05) is 27.7 Å². The average molecular weight is 370 g/mol. The maximum atomic E-state index is 5.50. The lowest BCUT2D eigenvalue weighted by Gasteiger charge is -2.36. The normalized spacial score (nSPS) is 17.7. The molecule has 0 aliphatic carbocycles. The highest BCUT2D eigenvalue weighted by Crippen LogP contribution is 2.13. The third kappa shape index (κ3) is 9.19. The Morgan fingerprint density at radius 1 is 1.08 bits per heavy atom. The first-order chi connectivity index (χ1) is 12.6. The summed E-state index contributed by atoms with van der Waals surface area (Å²) in [5, 5.41) is 6.89. The zero-order chi connectivity index (χ0) is 19.2. The predicted molar refractivity (Wildman–Crippen MR) is 112 cm³/mol. The lowest BCUT2D eigenvalue weighted by molar-refractivity contribution is 0.00867. The van der Waals surface area contributed by atoms with Crippen LogP contribution in [0.1, 0.15) is 47.5 Å². The van der Waals surface area contributed by atoms with Gasteiger partial charge in [-0.05, 0) is 45.3 Å². The fourth-order valence-corrected chi connectivity index (χ4v) is 3.39. The molecule has 1 unspecified atom stereocenters. The maximum absolute atomic E-state index is 5.50. The van der Waals surface area contributed by atoms with Crippen molar-refractivity contribution in [1.29, 1.82) is 0 Å². The second-order valence-electron chi connectivity index (χ2n) is 7.34. The standard InChI is InChI=1S/C20H43N5O/c1-6-21-20(22-11-9-10-12-24(7-2)8-3)23-17-19(18(4)5)25-13-15-26-16-14-25/h18-19H,6-17H2,1-5H3,(H2,21,22,23). The summed E-state index contributed by atoms with van der Waals surface area (Å²) in [7, 11) is 0. The molecule has 2 N–H and O–H groups in total. The number of hydrogen-bond acceptors (Lipinski definition) is 4. The minimum Gasteiger partial charge on any atom is -0.379 e. The summed E-state index contributed by atoms with van der Waals surface area (Å²) in [6.07, 6.45) is 2.41. The molecule has 0 saturated carbocycles. The van der Waals surface area contributed by atoms with E-state index in [9.17, 15) is 0 Å². The third-order valence-electron chi connectivity index (χ3n) is 5.15. The molecule has 1 atom stereocenters. The number of morpholine rings is 1. The minimum atomic E-state index is 0.483. The molecule has 6 nitrogen and oxygen atoms in total. The highest BCUT2D eigenvalue weighted by Gasteiger charge is 2.23. The van der Waals surface area contributed by atoms with Crippen molar-refractivity contribution >= 4 is 5.96 Å². The van der Waals surface area contributed by atoms with Crippen molar-refractivity contribution in [2.24, 2.45) is 10.9 Å². The van der Waals surface area contributed by atoms with E-state index in [0.717, 1.165) is 65.0 Å². The summed E-state index contributed by atoms with van der Waals surface area (Å²) in [4.78, 5) is 9.89. The van der Waals surface area contributed by atoms with Gasteiger partial charge in [-0.25, -0.2) is 0 Å². The zero-order valence-electron chi connectivity index (χ0n) is 17.9. The number of ether oxygens (including phenoxy) is 1. The molecule has 0 aromatic carbocycles. The molecular weight excluding hydrogens is 326 g/mol. The molecule has 0 amide bonds. The van der Waals surface area contributed by atoms with Gasteiger partial charge in [0.2, 0.25) is 0 Å². The second kappa shape index (κ2) is 14.2. The van der Waals surface area contributed by atoms with Crippen molar-refractivity contribution in [2.75, 3.05) is 65.6 Å². The van der Waals surface area contributed by atoms with Crippen molar-refractivity contribution in [3.05, 3.63) is 0 Å². The largest absolute Gasteiger partial charge is 0.379 e. The number of unbranched alkanes of at least 4 members (excludes halogenated alkanes) is 1. The Hall–Kier alpha value is -0.850. The molecule has 1 fully saturated rings. The van der Waals surface area contributed by atoms with E-state index in [1.807, 2.05) is 0 Å². The third-order valence-corrected chi connectivity index (χ3v) is 5.15. The van der Waals surface area contributed by atoms with E-state index in [1.165, 1.54) is 19.4 Å². The highest BCUT2D eigenvalue weighted by atomic mass is 16.5. The second-order valence-corrected chi connectivity index (χ2v) is 7.34. The number of aliphatic imine (C=N–C) groups is 1. The first kappa shape index (κ1) is 23.2. The monoisotopic (exact) mass is 369 g/mol. The lowest BCUT2D eigenvalue weighted by atomic mass is 10.0. The first-order valence-corrected chi connectivity index (χ1v) is 10.7. The van der Waals surface area contributed by atoms with Crippen molar-refractivity contribution in [3.63, 3.8) is 0 Å². The molecule has 1 rings (SSSR count). The maximum Gasteiger partial charge on any atom is 0.191 e. The van der Waals surface area contributed by atoms with E-state index in [4.69, 9.17) is 9.73 Å². The van der Waals surface area contributed by atoms with E-state index in [2.05, 4.69) is 55.1 Å². The molecule has 0 aromatic heterocycles. The van der Waals surface area contributed by atoms with Gasteiger partial charge in [0.25, 0.3) is 0 Å². The Morgan fingerprint density at radius 3 is 2.35 bits per heavy atom. The number of nitrogens with zero attached hydrogens (tertiary/aromatic N) is 3. The number of rotatable bonds is 12. The van der Waals surface area contributed by atoms with Crippen molar-refractivity contribution in [2.45, 2.75) is 53.5 Å². The Bertz CT molecular complexity index is 365. The summed E-state index contributed by atoms with van der Waals surface area (Å²) >= 11 is 0. The van der Waals surface area contributed by atoms with Crippen LogP contribution in [0.4, 0.5) is 0 Å². The molecule has 1 aliphatic rings. The molecule has 0 bridgehead atoms. The summed E-state index contributed by atoms with van der Waals surface area (Å²) in [6, 6.07) is 0.483. The van der Waals surface area contributed by atoms with Crippen LogP contribution in [-0.4, -0.2) is 87.4 Å². The van der Waals surface area contributed by atoms with Gasteiger partial charge in [0.05, 0.1) is 19.8 Å². The Balaban J connectivity index is 2.42. The molecule has 0 radical (unpaired) electrons. The molecule has 6 heteroatoms. The van der Waals surface area contributed by atoms with E-state index in [-0.39, 0.29) is 0 Å². The first-order valence-electron chi connectivity index (χ1n) is 10.7. The highest BCUT2D eigenvalue weighted by molar-refractivity contribution is 5.79. The van der Waals surface area contributed by atoms with Crippen LogP contribution < -0.4 is 10.6 Å². The Kier molecular flexibility index (Phi) is 12.7. The molecule has 1 saturated heterocycles. The Morgan fingerprint density at radius 2 is 1.77 bits per heavy atom. The van der Waals surface area contributed by atoms with Gasteiger partial charge in [-0.2, -0.15) is 0 Å². The molecule has 0 aromatic rings. The van der Waals surface area contributed by atoms with Crippen LogP contribution in [0, 0.1) is 5.92 Å². The number of hydrogen-bond donors (Lipinski definition) is 2. The quantitative estimate of drug-likeness (QED) is 0.313. The van der Waals surface area contributed by atoms with Crippen LogP contribution in [0.15, 0.2) is 4.99 Å². The molecule has 1 heterocycles. The van der Waals surface area contributed by atoms with Crippen LogP contribution in [0.25, 0.3) is 0 Å². The summed E-state index contributed by atoms with van der Waals surface area (Å²) in [5.41, 5.74) is 0. The van der Waals surface area contributed by atoms with E-state index in [1.54, 1.807) is 0 Å². The molecule has 0 spiro atoms. The Labute approximate surface area is 161 Å². The fraction of sp³-hybridized carbons (Fsp3) is 0.950. The van der Waals surface area contributed by atoms with Gasteiger partial charge < -0.3 is 20.3 Å². The molecular formula is C20H43N5O. The SMILES string of the molecule is CCNC(=NCC(C(C)C)N1CCOCC1)NCCCCN(CC)CC. The van der Waals surface area contributed by atoms with E-state index < -0.39 is 0 Å². The minimum absolute atomic E-state index is 0.483. The molecule has 154 valence electrons. The smallest absolute Gasteiger partial charge is 0.191 e. The number of nitrogens with one attached hydrogen (secondary N) is 2. The van der Waals surface area contributed by atoms with Gasteiger partial charge >= 0.3 is 0 Å². The topological polar surface area (TPSA) is 52.1 Å². The van der Waals surface area contributed by atoms with Gasteiger partial charge in [0, 0.05) is 32.2 Å². The average Bonchev–Trinajstić information content (AvgIpc) is 2.65. The van der Waals surface area contributed by atoms with Crippen LogP contribution in [0.5, 0.6) is 0 Å². The van der Waals surface area contributed by atoms with Gasteiger partial charge in [0.1, 0.15) is 0 Å². The van der Waals surface area contributed by atoms with Gasteiger partial charge in [0.15, 0.2) is 5.96 Å². The lowest BCUT2D eigenvalue weighted by Crippen LogP contribution is -2.48. The van der Waals surface area contributed by atoms with Gasteiger partial charge in [-0.15, -0.1) is 0 Å². The summed E-state index contributed by atoms with van der Waals surface area (Å²) in [6.45, 7) is 21.1. The van der Waals surface area contributed by atoms with Crippen molar-refractivity contribution in [3.8, 4) is 0 Å². The molecule has 26 heavy (non-hydrogen) atoms. The zero-order valence-corrected chi connectivity index (χ0v) is 17.9. The van der Waals surface area contributed by atoms with E-state index >= 15 is 0 Å². The van der Waals surface area contributed by atoms with Crippen LogP contribution in [0.3, 0.4) is 0 Å². The number of guanidine groups is 1. The van der Waals surface area contributed by atoms with Crippen LogP contribution in [0.2, 0.25) is 0 Å². The van der Waals surface area contributed by atoms with Crippen LogP contribution >= 0.6 is 0 Å². The predicted octanol–water partition coefficient (Wildman–Crippen LogP) is 2.02. The van der Waals surface area contributed by atoms with Crippen molar-refractivity contribution in [1.82, 2.24) is 20.4 Å². The summed E-state index contributed by atoms with van der Waals surface area (Å²) < 4.78 is 5.50. The fourth-order valence-electron chi connectivity index (χ4n) is 3.39. The van der Waals surface area contributed by atoms with Crippen molar-refractivity contribution < 1.29 is 4.74 Å². The van der Waals surface area contributed by atoms with E-state index in [0.29, 0.717) is 12.0 Å².